The molecule has 0 unspecified atom stereocenters. The Morgan fingerprint density at radius 1 is 1.12 bits per heavy atom. The van der Waals surface area contributed by atoms with Gasteiger partial charge in [-0.25, -0.2) is 0 Å². The topological polar surface area (TPSA) is 84.2 Å². The Balaban J connectivity index is 3.62. The van der Waals surface area contributed by atoms with Crippen molar-refractivity contribution in [1.82, 2.24) is 10.6 Å². The Bertz CT molecular complexity index is 252. The van der Waals surface area contributed by atoms with Gasteiger partial charge in [0.15, 0.2) is 0 Å². The zero-order chi connectivity index (χ0) is 13.3. The third kappa shape index (κ3) is 9.81. The Morgan fingerprint density at radius 3 is 2.24 bits per heavy atom. The number of amides is 2. The lowest BCUT2D eigenvalue weighted by Crippen LogP contribution is -2.34. The number of nitrogens with one attached hydrogen (secondary N) is 2. The molecule has 4 N–H and O–H groups in total. The quantitative estimate of drug-likeness (QED) is 0.539. The Morgan fingerprint density at radius 2 is 1.71 bits per heavy atom. The van der Waals surface area contributed by atoms with E-state index < -0.39 is 0 Å². The van der Waals surface area contributed by atoms with Crippen molar-refractivity contribution >= 4 is 11.8 Å². The average Bonchev–Trinajstić information content (AvgIpc) is 2.21. The molecule has 0 aromatic heterocycles. The Kier molecular flexibility index (Phi) is 7.54. The van der Waals surface area contributed by atoms with Crippen LogP contribution in [-0.2, 0) is 9.59 Å². The minimum absolute atomic E-state index is 0.0282. The summed E-state index contributed by atoms with van der Waals surface area (Å²) in [5.41, 5.74) is 5.62. The number of carbonyl (C=O) groups excluding carboxylic acids is 2. The van der Waals surface area contributed by atoms with E-state index in [0.29, 0.717) is 26.1 Å². The Labute approximate surface area is 104 Å². The van der Waals surface area contributed by atoms with Crippen molar-refractivity contribution in [3.05, 3.63) is 0 Å². The van der Waals surface area contributed by atoms with Crippen molar-refractivity contribution in [2.24, 2.45) is 11.1 Å². The van der Waals surface area contributed by atoms with Gasteiger partial charge in [0.25, 0.3) is 0 Å². The fourth-order valence-electron chi connectivity index (χ4n) is 1.50. The largest absolute Gasteiger partial charge is 0.355 e. The molecule has 0 bridgehead atoms. The lowest BCUT2D eigenvalue weighted by Gasteiger charge is -2.23. The van der Waals surface area contributed by atoms with Crippen LogP contribution in [0, 0.1) is 5.41 Å². The predicted molar refractivity (Wildman–Crippen MR) is 68.4 cm³/mol. The first-order chi connectivity index (χ1) is 7.87. The third-order valence-electron chi connectivity index (χ3n) is 2.67. The summed E-state index contributed by atoms with van der Waals surface area (Å²) in [5, 5.41) is 5.39. The summed E-state index contributed by atoms with van der Waals surface area (Å²) in [5.74, 6) is -0.0521. The van der Waals surface area contributed by atoms with Crippen LogP contribution < -0.4 is 16.4 Å². The maximum absolute atomic E-state index is 11.5. The molecular weight excluding hydrogens is 218 g/mol. The van der Waals surface area contributed by atoms with Crippen LogP contribution in [-0.4, -0.2) is 31.4 Å². The normalized spacial score (nSPS) is 11.1. The van der Waals surface area contributed by atoms with Crippen LogP contribution in [0.2, 0.25) is 0 Å². The van der Waals surface area contributed by atoms with Gasteiger partial charge >= 0.3 is 0 Å². The summed E-state index contributed by atoms with van der Waals surface area (Å²) in [6.45, 7) is 7.30. The van der Waals surface area contributed by atoms with Gasteiger partial charge in [0.2, 0.25) is 11.8 Å². The number of carbonyl (C=O) groups is 2. The lowest BCUT2D eigenvalue weighted by atomic mass is 9.84. The molecule has 0 rings (SSSR count). The molecule has 2 amide bonds. The fourth-order valence-corrected chi connectivity index (χ4v) is 1.50. The van der Waals surface area contributed by atoms with E-state index >= 15 is 0 Å². The number of hydrogen-bond acceptors (Lipinski definition) is 3. The molecule has 0 saturated heterocycles. The van der Waals surface area contributed by atoms with Gasteiger partial charge in [-0.05, 0) is 24.8 Å². The van der Waals surface area contributed by atoms with Crippen LogP contribution in [0.15, 0.2) is 0 Å². The maximum Gasteiger partial charge on any atom is 0.220 e. The highest BCUT2D eigenvalue weighted by atomic mass is 16.2. The van der Waals surface area contributed by atoms with E-state index in [-0.39, 0.29) is 17.2 Å². The van der Waals surface area contributed by atoms with E-state index in [2.05, 4.69) is 24.5 Å². The smallest absolute Gasteiger partial charge is 0.220 e. The first kappa shape index (κ1) is 15.9. The van der Waals surface area contributed by atoms with Crippen molar-refractivity contribution < 1.29 is 9.59 Å². The average molecular weight is 243 g/mol. The number of nitrogens with two attached hydrogens (primary N) is 1. The van der Waals surface area contributed by atoms with Crippen molar-refractivity contribution in [3.8, 4) is 0 Å². The second kappa shape index (κ2) is 8.06. The van der Waals surface area contributed by atoms with E-state index in [9.17, 15) is 9.59 Å². The van der Waals surface area contributed by atoms with Gasteiger partial charge in [0, 0.05) is 26.4 Å². The zero-order valence-electron chi connectivity index (χ0n) is 11.1. The minimum Gasteiger partial charge on any atom is -0.355 e. The van der Waals surface area contributed by atoms with E-state index in [1.807, 2.05) is 0 Å². The molecule has 0 heterocycles. The molecule has 0 aliphatic rings. The van der Waals surface area contributed by atoms with Gasteiger partial charge < -0.3 is 16.4 Å². The molecular formula is C12H25N3O2. The molecule has 5 nitrogen and oxygen atoms in total. The van der Waals surface area contributed by atoms with Crippen molar-refractivity contribution in [1.29, 1.82) is 0 Å². The maximum atomic E-state index is 11.5. The molecule has 0 aromatic carbocycles. The molecule has 0 aromatic rings. The van der Waals surface area contributed by atoms with Crippen LogP contribution in [0.3, 0.4) is 0 Å². The van der Waals surface area contributed by atoms with E-state index in [0.717, 1.165) is 12.8 Å². The lowest BCUT2D eigenvalue weighted by molar-refractivity contribution is -0.122. The van der Waals surface area contributed by atoms with E-state index in [1.165, 1.54) is 6.92 Å². The van der Waals surface area contributed by atoms with Crippen LogP contribution in [0.1, 0.15) is 40.0 Å². The summed E-state index contributed by atoms with van der Waals surface area (Å²) in [7, 11) is 0. The molecule has 5 heteroatoms. The molecule has 17 heavy (non-hydrogen) atoms. The second-order valence-corrected chi connectivity index (χ2v) is 5.04. The SMILES string of the molecule is CC(=O)NCCNC(=O)CCC(C)(C)CCN. The fraction of sp³-hybridized carbons (Fsp3) is 0.833. The van der Waals surface area contributed by atoms with Gasteiger partial charge in [-0.3, -0.25) is 9.59 Å². The highest BCUT2D eigenvalue weighted by Gasteiger charge is 2.17. The predicted octanol–water partition coefficient (Wildman–Crippen LogP) is 0.394. The summed E-state index contributed by atoms with van der Waals surface area (Å²) in [6.07, 6.45) is 2.26. The number of hydrogen-bond donors (Lipinski definition) is 3. The standard InChI is InChI=1S/C12H25N3O2/c1-10(16)14-8-9-15-11(17)4-5-12(2,3)6-7-13/h4-9,13H2,1-3H3,(H,14,16)(H,15,17). The van der Waals surface area contributed by atoms with Gasteiger partial charge in [0.1, 0.15) is 0 Å². The molecule has 0 saturated carbocycles. The second-order valence-electron chi connectivity index (χ2n) is 5.04. The van der Waals surface area contributed by atoms with Gasteiger partial charge in [-0.15, -0.1) is 0 Å². The number of rotatable bonds is 8. The highest BCUT2D eigenvalue weighted by Crippen LogP contribution is 2.25. The molecule has 0 fully saturated rings. The van der Waals surface area contributed by atoms with Crippen LogP contribution in [0.4, 0.5) is 0 Å². The van der Waals surface area contributed by atoms with Crippen molar-refractivity contribution in [3.63, 3.8) is 0 Å². The molecule has 0 radical (unpaired) electrons. The first-order valence-corrected chi connectivity index (χ1v) is 6.08. The third-order valence-corrected chi connectivity index (χ3v) is 2.67. The summed E-state index contributed by atoms with van der Waals surface area (Å²) >= 11 is 0. The van der Waals surface area contributed by atoms with Gasteiger partial charge in [0.05, 0.1) is 0 Å². The summed E-state index contributed by atoms with van der Waals surface area (Å²) in [6, 6.07) is 0. The van der Waals surface area contributed by atoms with Gasteiger partial charge in [-0.1, -0.05) is 13.8 Å². The first-order valence-electron chi connectivity index (χ1n) is 6.08. The summed E-state index contributed by atoms with van der Waals surface area (Å²) in [4.78, 5) is 22.1. The molecule has 0 aliphatic heterocycles. The minimum atomic E-state index is -0.0803. The molecule has 0 spiro atoms. The van der Waals surface area contributed by atoms with E-state index in [4.69, 9.17) is 5.73 Å². The van der Waals surface area contributed by atoms with E-state index in [1.54, 1.807) is 0 Å². The molecule has 0 atom stereocenters. The Hall–Kier alpha value is -1.10. The van der Waals surface area contributed by atoms with Crippen molar-refractivity contribution in [2.45, 2.75) is 40.0 Å². The zero-order valence-corrected chi connectivity index (χ0v) is 11.1. The van der Waals surface area contributed by atoms with Crippen LogP contribution in [0.5, 0.6) is 0 Å². The molecule has 100 valence electrons. The van der Waals surface area contributed by atoms with Crippen molar-refractivity contribution in [2.75, 3.05) is 19.6 Å². The van der Waals surface area contributed by atoms with Crippen LogP contribution >= 0.6 is 0 Å². The molecule has 0 aliphatic carbocycles. The highest BCUT2D eigenvalue weighted by molar-refractivity contribution is 5.76. The summed E-state index contributed by atoms with van der Waals surface area (Å²) < 4.78 is 0. The van der Waals surface area contributed by atoms with Crippen LogP contribution in [0.25, 0.3) is 0 Å². The monoisotopic (exact) mass is 243 g/mol. The van der Waals surface area contributed by atoms with Gasteiger partial charge in [-0.2, -0.15) is 0 Å².